The molecule has 2 aromatic heterocycles. The van der Waals surface area contributed by atoms with E-state index in [0.717, 1.165) is 11.3 Å². The van der Waals surface area contributed by atoms with E-state index in [1.165, 1.54) is 0 Å². The van der Waals surface area contributed by atoms with Crippen molar-refractivity contribution in [1.29, 1.82) is 0 Å². The molecule has 3 aromatic rings. The zero-order chi connectivity index (χ0) is 18.0. The van der Waals surface area contributed by atoms with E-state index in [-0.39, 0.29) is 16.7 Å². The Morgan fingerprint density at radius 1 is 1.24 bits per heavy atom. The van der Waals surface area contributed by atoms with Gasteiger partial charge in [0.15, 0.2) is 0 Å². The molecule has 0 aliphatic carbocycles. The number of imidazole rings is 1. The first-order chi connectivity index (χ1) is 12.0. The number of nitrogens with zero attached hydrogens (tertiary/aromatic N) is 2. The van der Waals surface area contributed by atoms with Crippen LogP contribution in [0.25, 0.3) is 22.5 Å². The highest BCUT2D eigenvalue weighted by Gasteiger charge is 2.18. The lowest BCUT2D eigenvalue weighted by Crippen LogP contribution is -2.08. The molecule has 128 valence electrons. The molecule has 2 heterocycles. The Morgan fingerprint density at radius 2 is 1.96 bits per heavy atom. The van der Waals surface area contributed by atoms with Crippen molar-refractivity contribution in [3.05, 3.63) is 53.6 Å². The van der Waals surface area contributed by atoms with Crippen LogP contribution in [0, 0.1) is 5.92 Å². The lowest BCUT2D eigenvalue weighted by atomic mass is 10.1. The first-order valence-electron chi connectivity index (χ1n) is 7.63. The van der Waals surface area contributed by atoms with Gasteiger partial charge >= 0.3 is 0 Å². The summed E-state index contributed by atoms with van der Waals surface area (Å²) in [6, 6.07) is 8.66. The highest BCUT2D eigenvalue weighted by Crippen LogP contribution is 2.34. The van der Waals surface area contributed by atoms with Gasteiger partial charge in [0.1, 0.15) is 11.6 Å². The van der Waals surface area contributed by atoms with Crippen LogP contribution in [0.15, 0.2) is 42.7 Å². The SMILES string of the molecule is CC(Cc1nc(-c2ccc(Cl)c(O)c2)c(-c2ccncc2)[nH]1)C(=O)Cl. The molecule has 1 unspecified atom stereocenters. The van der Waals surface area contributed by atoms with Crippen molar-refractivity contribution >= 4 is 28.4 Å². The van der Waals surface area contributed by atoms with Gasteiger partial charge in [-0.2, -0.15) is 0 Å². The number of phenols is 1. The number of aromatic nitrogens is 3. The van der Waals surface area contributed by atoms with E-state index in [1.807, 2.05) is 12.1 Å². The Hall–Kier alpha value is -2.37. The van der Waals surface area contributed by atoms with Crippen molar-refractivity contribution in [2.24, 2.45) is 5.92 Å². The predicted molar refractivity (Wildman–Crippen MR) is 97.7 cm³/mol. The fraction of sp³-hybridized carbons (Fsp3) is 0.167. The standard InChI is InChI=1S/C18H15Cl2N3O2/c1-10(18(20)25)8-15-22-16(11-4-6-21-7-5-11)17(23-15)12-2-3-13(19)14(24)9-12/h2-7,9-10,24H,8H2,1H3,(H,22,23). The first-order valence-corrected chi connectivity index (χ1v) is 8.39. The number of carbonyl (C=O) groups is 1. The van der Waals surface area contributed by atoms with Crippen LogP contribution in [-0.2, 0) is 11.2 Å². The average molecular weight is 376 g/mol. The largest absolute Gasteiger partial charge is 0.506 e. The topological polar surface area (TPSA) is 78.9 Å². The van der Waals surface area contributed by atoms with Crippen LogP contribution < -0.4 is 0 Å². The van der Waals surface area contributed by atoms with E-state index in [2.05, 4.69) is 15.0 Å². The number of pyridine rings is 1. The van der Waals surface area contributed by atoms with Crippen molar-refractivity contribution in [2.75, 3.05) is 0 Å². The number of aromatic amines is 1. The maximum absolute atomic E-state index is 11.3. The smallest absolute Gasteiger partial charge is 0.224 e. The predicted octanol–water partition coefficient (Wildman–Crippen LogP) is 4.44. The maximum atomic E-state index is 11.3. The number of halogens is 2. The molecule has 7 heteroatoms. The van der Waals surface area contributed by atoms with Gasteiger partial charge in [0.05, 0.1) is 16.4 Å². The lowest BCUT2D eigenvalue weighted by Gasteiger charge is -2.04. The van der Waals surface area contributed by atoms with Gasteiger partial charge in [0, 0.05) is 35.9 Å². The number of H-pyrrole nitrogens is 1. The number of hydrogen-bond acceptors (Lipinski definition) is 4. The Kier molecular flexibility index (Phi) is 5.06. The summed E-state index contributed by atoms with van der Waals surface area (Å²) >= 11 is 11.5. The quantitative estimate of drug-likeness (QED) is 0.646. The van der Waals surface area contributed by atoms with Crippen LogP contribution in [0.1, 0.15) is 12.7 Å². The molecule has 1 aromatic carbocycles. The van der Waals surface area contributed by atoms with Gasteiger partial charge in [-0.1, -0.05) is 24.6 Å². The molecule has 0 aliphatic rings. The monoisotopic (exact) mass is 375 g/mol. The Labute approximate surface area is 154 Å². The van der Waals surface area contributed by atoms with Crippen molar-refractivity contribution < 1.29 is 9.90 Å². The fourth-order valence-corrected chi connectivity index (χ4v) is 2.68. The summed E-state index contributed by atoms with van der Waals surface area (Å²) in [4.78, 5) is 23.2. The van der Waals surface area contributed by atoms with Gasteiger partial charge in [-0.05, 0) is 35.9 Å². The summed E-state index contributed by atoms with van der Waals surface area (Å²) in [6.07, 6.45) is 3.76. The second kappa shape index (κ2) is 7.25. The summed E-state index contributed by atoms with van der Waals surface area (Å²) in [5.41, 5.74) is 3.03. The highest BCUT2D eigenvalue weighted by molar-refractivity contribution is 6.63. The van der Waals surface area contributed by atoms with Crippen LogP contribution in [-0.4, -0.2) is 25.3 Å². The van der Waals surface area contributed by atoms with Crippen LogP contribution >= 0.6 is 23.2 Å². The summed E-state index contributed by atoms with van der Waals surface area (Å²) in [5.74, 6) is 0.260. The van der Waals surface area contributed by atoms with E-state index in [9.17, 15) is 9.90 Å². The third-order valence-corrected chi connectivity index (χ3v) is 4.52. The van der Waals surface area contributed by atoms with Crippen molar-refractivity contribution in [3.63, 3.8) is 0 Å². The highest BCUT2D eigenvalue weighted by atomic mass is 35.5. The summed E-state index contributed by atoms with van der Waals surface area (Å²) in [7, 11) is 0. The van der Waals surface area contributed by atoms with Crippen LogP contribution in [0.2, 0.25) is 5.02 Å². The molecule has 0 fully saturated rings. The molecule has 0 saturated heterocycles. The molecule has 25 heavy (non-hydrogen) atoms. The number of aromatic hydroxyl groups is 1. The third-order valence-electron chi connectivity index (χ3n) is 3.83. The molecule has 0 radical (unpaired) electrons. The van der Waals surface area contributed by atoms with Gasteiger partial charge in [0.2, 0.25) is 5.24 Å². The molecule has 0 saturated carbocycles. The molecule has 3 rings (SSSR count). The van der Waals surface area contributed by atoms with Crippen molar-refractivity contribution in [3.8, 4) is 28.3 Å². The Morgan fingerprint density at radius 3 is 2.60 bits per heavy atom. The Bertz CT molecular complexity index is 910. The second-order valence-electron chi connectivity index (χ2n) is 5.72. The minimum Gasteiger partial charge on any atom is -0.506 e. The lowest BCUT2D eigenvalue weighted by molar-refractivity contribution is -0.114. The zero-order valence-electron chi connectivity index (χ0n) is 13.3. The second-order valence-corrected chi connectivity index (χ2v) is 6.50. The minimum atomic E-state index is -0.410. The zero-order valence-corrected chi connectivity index (χ0v) is 14.8. The van der Waals surface area contributed by atoms with Gasteiger partial charge in [-0.15, -0.1) is 0 Å². The van der Waals surface area contributed by atoms with E-state index >= 15 is 0 Å². The van der Waals surface area contributed by atoms with Gasteiger partial charge in [-0.3, -0.25) is 9.78 Å². The number of nitrogens with one attached hydrogen (secondary N) is 1. The molecule has 1 atom stereocenters. The Balaban J connectivity index is 2.10. The summed E-state index contributed by atoms with van der Waals surface area (Å²) in [5, 5.41) is 9.77. The van der Waals surface area contributed by atoms with Crippen molar-refractivity contribution in [1.82, 2.24) is 15.0 Å². The summed E-state index contributed by atoms with van der Waals surface area (Å²) in [6.45, 7) is 1.75. The van der Waals surface area contributed by atoms with E-state index in [1.54, 1.807) is 37.5 Å². The molecule has 0 spiro atoms. The van der Waals surface area contributed by atoms with Crippen LogP contribution in [0.4, 0.5) is 0 Å². The van der Waals surface area contributed by atoms with Gasteiger partial charge in [-0.25, -0.2) is 4.98 Å². The van der Waals surface area contributed by atoms with Gasteiger partial charge in [0.25, 0.3) is 0 Å². The van der Waals surface area contributed by atoms with Crippen LogP contribution in [0.3, 0.4) is 0 Å². The molecule has 0 bridgehead atoms. The molecular weight excluding hydrogens is 361 g/mol. The molecule has 5 nitrogen and oxygen atoms in total. The normalized spacial score (nSPS) is 12.1. The summed E-state index contributed by atoms with van der Waals surface area (Å²) < 4.78 is 0. The van der Waals surface area contributed by atoms with Crippen LogP contribution in [0.5, 0.6) is 5.75 Å². The number of hydrogen-bond donors (Lipinski definition) is 2. The first kappa shape index (κ1) is 17.5. The number of phenolic OH excluding ortho intramolecular Hbond substituents is 1. The minimum absolute atomic E-state index is 0.0197. The number of benzene rings is 1. The fourth-order valence-electron chi connectivity index (χ4n) is 2.49. The molecule has 0 amide bonds. The molecular formula is C18H15Cl2N3O2. The van der Waals surface area contributed by atoms with E-state index < -0.39 is 5.24 Å². The average Bonchev–Trinajstić information content (AvgIpc) is 3.02. The van der Waals surface area contributed by atoms with E-state index in [0.29, 0.717) is 23.5 Å². The maximum Gasteiger partial charge on any atom is 0.224 e. The number of rotatable bonds is 5. The number of carbonyl (C=O) groups excluding carboxylic acids is 1. The third kappa shape index (κ3) is 3.83. The molecule has 2 N–H and O–H groups in total. The van der Waals surface area contributed by atoms with E-state index in [4.69, 9.17) is 23.2 Å². The van der Waals surface area contributed by atoms with Gasteiger partial charge < -0.3 is 10.1 Å². The van der Waals surface area contributed by atoms with Crippen molar-refractivity contribution in [2.45, 2.75) is 13.3 Å². The molecule has 0 aliphatic heterocycles.